The van der Waals surface area contributed by atoms with Crippen molar-refractivity contribution in [1.29, 1.82) is 0 Å². The van der Waals surface area contributed by atoms with Gasteiger partial charge in [0.25, 0.3) is 0 Å². The molecule has 0 saturated heterocycles. The van der Waals surface area contributed by atoms with E-state index in [0.717, 1.165) is 33.8 Å². The first-order valence-corrected chi connectivity index (χ1v) is 11.0. The maximum Gasteiger partial charge on any atom is 0.244 e. The highest BCUT2D eigenvalue weighted by atomic mass is 35.5. The summed E-state index contributed by atoms with van der Waals surface area (Å²) < 4.78 is 13.1. The number of ether oxygens (including phenoxy) is 2. The molecule has 0 saturated carbocycles. The molecular weight excluding hydrogens is 426 g/mol. The van der Waals surface area contributed by atoms with Gasteiger partial charge in [0.2, 0.25) is 5.91 Å². The number of carbonyl (C=O) groups is 1. The van der Waals surface area contributed by atoms with Crippen molar-refractivity contribution in [2.24, 2.45) is 0 Å². The first-order chi connectivity index (χ1) is 15.4. The Labute approximate surface area is 192 Å². The van der Waals surface area contributed by atoms with Crippen LogP contribution in [0.15, 0.2) is 48.5 Å². The first kappa shape index (κ1) is 22.0. The predicted molar refractivity (Wildman–Crippen MR) is 125 cm³/mol. The van der Waals surface area contributed by atoms with Crippen molar-refractivity contribution in [3.63, 3.8) is 0 Å². The van der Waals surface area contributed by atoms with Crippen molar-refractivity contribution < 1.29 is 14.3 Å². The largest absolute Gasteiger partial charge is 0.486 e. The van der Waals surface area contributed by atoms with Crippen LogP contribution in [0.2, 0.25) is 5.02 Å². The van der Waals surface area contributed by atoms with Gasteiger partial charge in [-0.05, 0) is 56.2 Å². The van der Waals surface area contributed by atoms with E-state index in [1.807, 2.05) is 74.0 Å². The maximum absolute atomic E-state index is 12.6. The topological polar surface area (TPSA) is 65.4 Å². The van der Waals surface area contributed by atoms with E-state index in [1.54, 1.807) is 6.08 Å². The first-order valence-electron chi connectivity index (χ1n) is 10.6. The second kappa shape index (κ2) is 9.49. The molecule has 0 bridgehead atoms. The fourth-order valence-corrected chi connectivity index (χ4v) is 3.92. The lowest BCUT2D eigenvalue weighted by Gasteiger charge is -2.20. The van der Waals surface area contributed by atoms with Gasteiger partial charge in [-0.15, -0.1) is 0 Å². The van der Waals surface area contributed by atoms with Gasteiger partial charge >= 0.3 is 0 Å². The van der Waals surface area contributed by atoms with Gasteiger partial charge < -0.3 is 14.8 Å². The lowest BCUT2D eigenvalue weighted by molar-refractivity contribution is -0.117. The molecule has 32 heavy (non-hydrogen) atoms. The summed E-state index contributed by atoms with van der Waals surface area (Å²) in [6, 6.07) is 13.3. The highest BCUT2D eigenvalue weighted by Gasteiger charge is 2.16. The van der Waals surface area contributed by atoms with Crippen LogP contribution in [0.4, 0.5) is 0 Å². The molecular formula is C25H26ClN3O3. The number of hydrogen-bond donors (Lipinski definition) is 1. The average molecular weight is 452 g/mol. The second-order valence-corrected chi connectivity index (χ2v) is 8.21. The van der Waals surface area contributed by atoms with Crippen LogP contribution in [0.1, 0.15) is 41.0 Å². The Morgan fingerprint density at radius 2 is 1.94 bits per heavy atom. The maximum atomic E-state index is 12.6. The third kappa shape index (κ3) is 4.81. The Morgan fingerprint density at radius 3 is 2.72 bits per heavy atom. The van der Waals surface area contributed by atoms with Crippen LogP contribution in [0.3, 0.4) is 0 Å². The monoisotopic (exact) mass is 451 g/mol. The molecule has 1 aliphatic rings. The Bertz CT molecular complexity index is 1170. The minimum absolute atomic E-state index is 0.173. The Balaban J connectivity index is 1.43. The van der Waals surface area contributed by atoms with E-state index < -0.39 is 0 Å². The molecule has 1 amide bonds. The van der Waals surface area contributed by atoms with Crippen molar-refractivity contribution in [3.8, 4) is 11.5 Å². The predicted octanol–water partition coefficient (Wildman–Crippen LogP) is 4.86. The minimum Gasteiger partial charge on any atom is -0.486 e. The fraction of sp³-hybridized carbons (Fsp3) is 0.280. The molecule has 1 atom stereocenters. The van der Waals surface area contributed by atoms with Gasteiger partial charge in [0.15, 0.2) is 11.5 Å². The molecule has 3 aromatic rings. The molecule has 166 valence electrons. The highest BCUT2D eigenvalue weighted by molar-refractivity contribution is 6.31. The number of nitrogens with one attached hydrogen (secondary N) is 1. The number of halogens is 1. The van der Waals surface area contributed by atoms with Crippen LogP contribution in [-0.2, 0) is 11.3 Å². The van der Waals surface area contributed by atoms with Crippen LogP contribution in [0, 0.1) is 13.8 Å². The van der Waals surface area contributed by atoms with Crippen LogP contribution in [-0.4, -0.2) is 28.9 Å². The summed E-state index contributed by atoms with van der Waals surface area (Å²) in [5.41, 5.74) is 4.72. The van der Waals surface area contributed by atoms with Crippen LogP contribution in [0.25, 0.3) is 6.08 Å². The van der Waals surface area contributed by atoms with Gasteiger partial charge in [-0.3, -0.25) is 9.48 Å². The SMILES string of the molecule is Cc1nn(Cc2ccccc2Cl)c(C)c1/C=C/C(=O)NC(C)c1ccc2c(c1)OCCO2. The van der Waals surface area contributed by atoms with Gasteiger partial charge in [-0.25, -0.2) is 0 Å². The summed E-state index contributed by atoms with van der Waals surface area (Å²) in [5, 5.41) is 8.34. The zero-order valence-electron chi connectivity index (χ0n) is 18.4. The average Bonchev–Trinajstić information content (AvgIpc) is 3.05. The van der Waals surface area contributed by atoms with Gasteiger partial charge in [0.05, 0.1) is 18.3 Å². The lowest BCUT2D eigenvalue weighted by Crippen LogP contribution is -2.25. The molecule has 1 aliphatic heterocycles. The normalized spacial score (nSPS) is 13.9. The van der Waals surface area contributed by atoms with E-state index >= 15 is 0 Å². The van der Waals surface area contributed by atoms with E-state index in [0.29, 0.717) is 30.5 Å². The number of carbonyl (C=O) groups excluding carboxylic acids is 1. The molecule has 2 aromatic carbocycles. The van der Waals surface area contributed by atoms with E-state index in [-0.39, 0.29) is 11.9 Å². The standard InChI is InChI=1S/C25H26ClN3O3/c1-16(19-8-10-23-24(14-19)32-13-12-31-23)27-25(30)11-9-21-17(2)28-29(18(21)3)15-20-6-4-5-7-22(20)26/h4-11,14,16H,12-13,15H2,1-3H3,(H,27,30)/b11-9+. The van der Waals surface area contributed by atoms with E-state index in [9.17, 15) is 4.79 Å². The number of benzene rings is 2. The Kier molecular flexibility index (Phi) is 6.51. The summed E-state index contributed by atoms with van der Waals surface area (Å²) in [4.78, 5) is 12.6. The lowest BCUT2D eigenvalue weighted by atomic mass is 10.1. The summed E-state index contributed by atoms with van der Waals surface area (Å²) in [6.07, 6.45) is 3.36. The molecule has 0 aliphatic carbocycles. The molecule has 0 fully saturated rings. The Hall–Kier alpha value is -3.25. The molecule has 4 rings (SSSR count). The van der Waals surface area contributed by atoms with Crippen molar-refractivity contribution in [2.45, 2.75) is 33.4 Å². The molecule has 1 unspecified atom stereocenters. The molecule has 1 aromatic heterocycles. The van der Waals surface area contributed by atoms with E-state index in [1.165, 1.54) is 0 Å². The van der Waals surface area contributed by atoms with E-state index in [2.05, 4.69) is 10.4 Å². The molecule has 7 heteroatoms. The summed E-state index contributed by atoms with van der Waals surface area (Å²) in [6.45, 7) is 7.53. The third-order valence-corrected chi connectivity index (χ3v) is 5.91. The van der Waals surface area contributed by atoms with Gasteiger partial charge in [-0.1, -0.05) is 35.9 Å². The second-order valence-electron chi connectivity index (χ2n) is 7.80. The van der Waals surface area contributed by atoms with Crippen molar-refractivity contribution >= 4 is 23.6 Å². The van der Waals surface area contributed by atoms with Crippen LogP contribution < -0.4 is 14.8 Å². The van der Waals surface area contributed by atoms with Crippen LogP contribution >= 0.6 is 11.6 Å². The van der Waals surface area contributed by atoms with Crippen molar-refractivity contribution in [2.75, 3.05) is 13.2 Å². The van der Waals surface area contributed by atoms with Crippen LogP contribution in [0.5, 0.6) is 11.5 Å². The fourth-order valence-electron chi connectivity index (χ4n) is 3.73. The number of aryl methyl sites for hydroxylation is 1. The quantitative estimate of drug-likeness (QED) is 0.543. The van der Waals surface area contributed by atoms with Crippen molar-refractivity contribution in [3.05, 3.63) is 81.6 Å². The number of fused-ring (bicyclic) bond motifs is 1. The zero-order chi connectivity index (χ0) is 22.7. The zero-order valence-corrected chi connectivity index (χ0v) is 19.1. The number of nitrogens with zero attached hydrogens (tertiary/aromatic N) is 2. The third-order valence-electron chi connectivity index (χ3n) is 5.54. The minimum atomic E-state index is -0.176. The summed E-state index contributed by atoms with van der Waals surface area (Å²) in [7, 11) is 0. The van der Waals surface area contributed by atoms with E-state index in [4.69, 9.17) is 21.1 Å². The van der Waals surface area contributed by atoms with Gasteiger partial charge in [-0.2, -0.15) is 5.10 Å². The smallest absolute Gasteiger partial charge is 0.244 e. The van der Waals surface area contributed by atoms with Gasteiger partial charge in [0.1, 0.15) is 13.2 Å². The van der Waals surface area contributed by atoms with Crippen molar-refractivity contribution in [1.82, 2.24) is 15.1 Å². The number of rotatable bonds is 6. The number of hydrogen-bond acceptors (Lipinski definition) is 4. The highest BCUT2D eigenvalue weighted by Crippen LogP contribution is 2.32. The molecule has 6 nitrogen and oxygen atoms in total. The Morgan fingerprint density at radius 1 is 1.19 bits per heavy atom. The van der Waals surface area contributed by atoms with Gasteiger partial charge in [0, 0.05) is 22.4 Å². The molecule has 0 radical (unpaired) electrons. The number of amides is 1. The molecule has 2 heterocycles. The summed E-state index contributed by atoms with van der Waals surface area (Å²) in [5.74, 6) is 1.27. The molecule has 0 spiro atoms. The summed E-state index contributed by atoms with van der Waals surface area (Å²) >= 11 is 6.29. The number of aromatic nitrogens is 2. The molecule has 1 N–H and O–H groups in total.